The minimum Gasteiger partial charge on any atom is -0.340 e. The van der Waals surface area contributed by atoms with Crippen LogP contribution in [-0.2, 0) is 0 Å². The summed E-state index contributed by atoms with van der Waals surface area (Å²) in [4.78, 5) is 6.44. The molecule has 0 fully saturated rings. The predicted octanol–water partition coefficient (Wildman–Crippen LogP) is 2.33. The SMILES string of the molecule is CCN(CC)c1nncc(Nc2cccc(C#N)c2)n1. The van der Waals surface area contributed by atoms with Crippen LogP contribution in [0.4, 0.5) is 17.5 Å². The van der Waals surface area contributed by atoms with Gasteiger partial charge in [0, 0.05) is 18.8 Å². The Kier molecular flexibility index (Phi) is 4.45. The van der Waals surface area contributed by atoms with Crippen molar-refractivity contribution in [3.05, 3.63) is 36.0 Å². The van der Waals surface area contributed by atoms with Crippen molar-refractivity contribution in [2.75, 3.05) is 23.3 Å². The monoisotopic (exact) mass is 268 g/mol. The van der Waals surface area contributed by atoms with Crippen molar-refractivity contribution < 1.29 is 0 Å². The Morgan fingerprint density at radius 2 is 2.10 bits per heavy atom. The molecule has 0 saturated heterocycles. The molecular formula is C14H16N6. The molecule has 2 rings (SSSR count). The molecule has 0 aliphatic carbocycles. The van der Waals surface area contributed by atoms with Gasteiger partial charge in [-0.1, -0.05) is 6.07 Å². The predicted molar refractivity (Wildman–Crippen MR) is 77.8 cm³/mol. The van der Waals surface area contributed by atoms with E-state index in [1.807, 2.05) is 30.9 Å². The Bertz CT molecular complexity index is 615. The van der Waals surface area contributed by atoms with Crippen molar-refractivity contribution in [2.24, 2.45) is 0 Å². The zero-order valence-corrected chi connectivity index (χ0v) is 11.5. The van der Waals surface area contributed by atoms with Crippen LogP contribution in [0, 0.1) is 11.3 Å². The number of hydrogen-bond donors (Lipinski definition) is 1. The van der Waals surface area contributed by atoms with Crippen LogP contribution in [-0.4, -0.2) is 28.3 Å². The van der Waals surface area contributed by atoms with Crippen LogP contribution < -0.4 is 10.2 Å². The average molecular weight is 268 g/mol. The van der Waals surface area contributed by atoms with Gasteiger partial charge in [-0.2, -0.15) is 15.3 Å². The fourth-order valence-electron chi connectivity index (χ4n) is 1.81. The molecule has 0 aliphatic heterocycles. The second-order valence-corrected chi connectivity index (χ2v) is 4.13. The van der Waals surface area contributed by atoms with Crippen LogP contribution in [0.1, 0.15) is 19.4 Å². The van der Waals surface area contributed by atoms with Gasteiger partial charge in [-0.25, -0.2) is 0 Å². The first-order valence-corrected chi connectivity index (χ1v) is 6.48. The van der Waals surface area contributed by atoms with Crippen molar-refractivity contribution in [2.45, 2.75) is 13.8 Å². The van der Waals surface area contributed by atoms with Crippen LogP contribution in [0.25, 0.3) is 0 Å². The van der Waals surface area contributed by atoms with Crippen LogP contribution in [0.2, 0.25) is 0 Å². The third kappa shape index (κ3) is 3.20. The number of rotatable bonds is 5. The van der Waals surface area contributed by atoms with Gasteiger partial charge in [0.1, 0.15) is 0 Å². The topological polar surface area (TPSA) is 77.7 Å². The number of hydrogen-bond acceptors (Lipinski definition) is 6. The number of nitrogens with zero attached hydrogens (tertiary/aromatic N) is 5. The molecule has 1 N–H and O–H groups in total. The molecule has 20 heavy (non-hydrogen) atoms. The molecular weight excluding hydrogens is 252 g/mol. The molecule has 2 aromatic rings. The lowest BCUT2D eigenvalue weighted by Gasteiger charge is -2.18. The molecule has 102 valence electrons. The quantitative estimate of drug-likeness (QED) is 0.896. The first-order valence-electron chi connectivity index (χ1n) is 6.48. The molecule has 6 nitrogen and oxygen atoms in total. The molecule has 0 bridgehead atoms. The summed E-state index contributed by atoms with van der Waals surface area (Å²) in [6, 6.07) is 9.32. The highest BCUT2D eigenvalue weighted by Gasteiger charge is 2.07. The van der Waals surface area contributed by atoms with Crippen molar-refractivity contribution in [3.8, 4) is 6.07 Å². The Morgan fingerprint density at radius 1 is 1.30 bits per heavy atom. The minimum absolute atomic E-state index is 0.594. The van der Waals surface area contributed by atoms with E-state index in [1.54, 1.807) is 18.3 Å². The third-order valence-corrected chi connectivity index (χ3v) is 2.86. The molecule has 0 radical (unpaired) electrons. The molecule has 0 spiro atoms. The van der Waals surface area contributed by atoms with Crippen LogP contribution in [0.3, 0.4) is 0 Å². The highest BCUT2D eigenvalue weighted by Crippen LogP contribution is 2.16. The van der Waals surface area contributed by atoms with E-state index >= 15 is 0 Å². The highest BCUT2D eigenvalue weighted by atomic mass is 15.3. The van der Waals surface area contributed by atoms with Gasteiger partial charge in [0.25, 0.3) is 0 Å². The number of nitrogens with one attached hydrogen (secondary N) is 1. The summed E-state index contributed by atoms with van der Waals surface area (Å²) < 4.78 is 0. The Hall–Kier alpha value is -2.68. The van der Waals surface area contributed by atoms with Gasteiger partial charge in [-0.3, -0.25) is 0 Å². The largest absolute Gasteiger partial charge is 0.340 e. The van der Waals surface area contributed by atoms with E-state index in [0.717, 1.165) is 18.8 Å². The lowest BCUT2D eigenvalue weighted by molar-refractivity contribution is 0.796. The van der Waals surface area contributed by atoms with Gasteiger partial charge in [-0.15, -0.1) is 5.10 Å². The fraction of sp³-hybridized carbons (Fsp3) is 0.286. The maximum atomic E-state index is 8.89. The number of aromatic nitrogens is 3. The lowest BCUT2D eigenvalue weighted by atomic mass is 10.2. The van der Waals surface area contributed by atoms with Crippen molar-refractivity contribution >= 4 is 17.5 Å². The van der Waals surface area contributed by atoms with Crippen molar-refractivity contribution in [3.63, 3.8) is 0 Å². The Morgan fingerprint density at radius 3 is 2.80 bits per heavy atom. The molecule has 1 heterocycles. The van der Waals surface area contributed by atoms with Gasteiger partial charge in [-0.05, 0) is 32.0 Å². The van der Waals surface area contributed by atoms with Gasteiger partial charge in [0.2, 0.25) is 5.95 Å². The summed E-state index contributed by atoms with van der Waals surface area (Å²) in [6.07, 6.45) is 1.56. The highest BCUT2D eigenvalue weighted by molar-refractivity contribution is 5.58. The minimum atomic E-state index is 0.594. The molecule has 0 atom stereocenters. The molecule has 6 heteroatoms. The van der Waals surface area contributed by atoms with Crippen LogP contribution in [0.5, 0.6) is 0 Å². The van der Waals surface area contributed by atoms with E-state index in [-0.39, 0.29) is 0 Å². The first-order chi connectivity index (χ1) is 9.76. The second-order valence-electron chi connectivity index (χ2n) is 4.13. The van der Waals surface area contributed by atoms with Crippen LogP contribution >= 0.6 is 0 Å². The summed E-state index contributed by atoms with van der Waals surface area (Å²) in [5.41, 5.74) is 1.40. The molecule has 0 aliphatic rings. The van der Waals surface area contributed by atoms with Crippen molar-refractivity contribution in [1.82, 2.24) is 15.2 Å². The first kappa shape index (κ1) is 13.7. The van der Waals surface area contributed by atoms with Gasteiger partial charge in [0.05, 0.1) is 17.8 Å². The lowest BCUT2D eigenvalue weighted by Crippen LogP contribution is -2.24. The van der Waals surface area contributed by atoms with E-state index in [0.29, 0.717) is 17.3 Å². The van der Waals surface area contributed by atoms with E-state index < -0.39 is 0 Å². The summed E-state index contributed by atoms with van der Waals surface area (Å²) >= 11 is 0. The molecule has 0 unspecified atom stereocenters. The molecule has 0 saturated carbocycles. The Labute approximate surface area is 118 Å². The standard InChI is InChI=1S/C14H16N6/c1-3-20(4-2)14-18-13(10-16-19-14)17-12-7-5-6-11(8-12)9-15/h5-8,10H,3-4H2,1-2H3,(H,17,18,19). The van der Waals surface area contributed by atoms with Gasteiger partial charge in [0.15, 0.2) is 5.82 Å². The Balaban J connectivity index is 2.21. The normalized spacial score (nSPS) is 9.85. The van der Waals surface area contributed by atoms with Gasteiger partial charge < -0.3 is 10.2 Å². The second kappa shape index (κ2) is 6.48. The zero-order chi connectivity index (χ0) is 14.4. The van der Waals surface area contributed by atoms with E-state index in [4.69, 9.17) is 5.26 Å². The summed E-state index contributed by atoms with van der Waals surface area (Å²) in [6.45, 7) is 5.74. The maximum absolute atomic E-state index is 8.89. The van der Waals surface area contributed by atoms with E-state index in [1.165, 1.54) is 0 Å². The number of benzene rings is 1. The number of nitriles is 1. The summed E-state index contributed by atoms with van der Waals surface area (Å²) in [7, 11) is 0. The molecule has 1 aromatic heterocycles. The van der Waals surface area contributed by atoms with Crippen molar-refractivity contribution in [1.29, 1.82) is 5.26 Å². The van der Waals surface area contributed by atoms with Gasteiger partial charge >= 0.3 is 0 Å². The zero-order valence-electron chi connectivity index (χ0n) is 11.5. The molecule has 1 aromatic carbocycles. The summed E-state index contributed by atoms with van der Waals surface area (Å²) in [5.74, 6) is 1.20. The average Bonchev–Trinajstić information content (AvgIpc) is 2.49. The smallest absolute Gasteiger partial charge is 0.247 e. The van der Waals surface area contributed by atoms with Crippen LogP contribution in [0.15, 0.2) is 30.5 Å². The van der Waals surface area contributed by atoms with E-state index in [9.17, 15) is 0 Å². The fourth-order valence-corrected chi connectivity index (χ4v) is 1.81. The summed E-state index contributed by atoms with van der Waals surface area (Å²) in [5, 5.41) is 20.0. The third-order valence-electron chi connectivity index (χ3n) is 2.86. The van der Waals surface area contributed by atoms with E-state index in [2.05, 4.69) is 26.6 Å². The number of anilines is 3. The maximum Gasteiger partial charge on any atom is 0.247 e. The molecule has 0 amide bonds.